The lowest BCUT2D eigenvalue weighted by atomic mass is 10.1. The summed E-state index contributed by atoms with van der Waals surface area (Å²) in [7, 11) is 0. The second-order valence-corrected chi connectivity index (χ2v) is 5.51. The molecule has 3 heteroatoms. The fraction of sp³-hybridized carbons (Fsp3) is 0.316. The number of rotatable bonds is 5. The summed E-state index contributed by atoms with van der Waals surface area (Å²) in [6.45, 7) is 7.92. The minimum absolute atomic E-state index is 0.140. The fourth-order valence-corrected chi connectivity index (χ4v) is 2.23. The van der Waals surface area contributed by atoms with Crippen LogP contribution in [0, 0.1) is 13.8 Å². The van der Waals surface area contributed by atoms with Crippen LogP contribution in [0.1, 0.15) is 30.5 Å². The lowest BCUT2D eigenvalue weighted by molar-refractivity contribution is -0.122. The lowest BCUT2D eigenvalue weighted by Crippen LogP contribution is -2.30. The van der Waals surface area contributed by atoms with Crippen LogP contribution in [0.2, 0.25) is 0 Å². The van der Waals surface area contributed by atoms with Crippen molar-refractivity contribution in [3.63, 3.8) is 0 Å². The predicted octanol–water partition coefficient (Wildman–Crippen LogP) is 4.27. The molecule has 0 bridgehead atoms. The van der Waals surface area contributed by atoms with Gasteiger partial charge in [0.05, 0.1) is 0 Å². The molecule has 0 aromatic heterocycles. The molecular formula is C19H23NO2. The van der Waals surface area contributed by atoms with Crippen molar-refractivity contribution in [1.29, 1.82) is 0 Å². The minimum atomic E-state index is -0.549. The minimum Gasteiger partial charge on any atom is -0.481 e. The topological polar surface area (TPSA) is 38.3 Å². The largest absolute Gasteiger partial charge is 0.481 e. The Labute approximate surface area is 132 Å². The molecule has 0 saturated heterocycles. The SMILES string of the molecule is CCc1ccccc1NC(=O)C(C)Oc1ccc(C)c(C)c1. The number of nitrogens with one attached hydrogen (secondary N) is 1. The Kier molecular flexibility index (Phi) is 5.21. The van der Waals surface area contributed by atoms with Gasteiger partial charge in [-0.1, -0.05) is 31.2 Å². The zero-order chi connectivity index (χ0) is 16.1. The van der Waals surface area contributed by atoms with Crippen molar-refractivity contribution < 1.29 is 9.53 Å². The van der Waals surface area contributed by atoms with Gasteiger partial charge in [-0.25, -0.2) is 0 Å². The molecule has 3 nitrogen and oxygen atoms in total. The van der Waals surface area contributed by atoms with Gasteiger partial charge in [0.1, 0.15) is 5.75 Å². The molecule has 0 aliphatic carbocycles. The van der Waals surface area contributed by atoms with Gasteiger partial charge in [-0.05, 0) is 62.1 Å². The Balaban J connectivity index is 2.04. The first kappa shape index (κ1) is 16.1. The van der Waals surface area contributed by atoms with E-state index in [9.17, 15) is 4.79 Å². The van der Waals surface area contributed by atoms with Crippen molar-refractivity contribution in [2.75, 3.05) is 5.32 Å². The number of benzene rings is 2. The van der Waals surface area contributed by atoms with Crippen LogP contribution in [0.25, 0.3) is 0 Å². The number of hydrogen-bond donors (Lipinski definition) is 1. The van der Waals surface area contributed by atoms with E-state index < -0.39 is 6.10 Å². The van der Waals surface area contributed by atoms with E-state index >= 15 is 0 Å². The standard InChI is InChI=1S/C19H23NO2/c1-5-16-8-6-7-9-18(16)20-19(21)15(4)22-17-11-10-13(2)14(3)12-17/h6-12,15H,5H2,1-4H3,(H,20,21). The van der Waals surface area contributed by atoms with Crippen molar-refractivity contribution in [3.8, 4) is 5.75 Å². The van der Waals surface area contributed by atoms with Gasteiger partial charge in [0.25, 0.3) is 5.91 Å². The molecule has 0 radical (unpaired) electrons. The first-order valence-corrected chi connectivity index (χ1v) is 7.64. The van der Waals surface area contributed by atoms with Gasteiger partial charge in [-0.15, -0.1) is 0 Å². The molecule has 0 fully saturated rings. The monoisotopic (exact) mass is 297 g/mol. The van der Waals surface area contributed by atoms with E-state index in [2.05, 4.69) is 19.2 Å². The molecule has 0 heterocycles. The molecule has 0 spiro atoms. The zero-order valence-corrected chi connectivity index (χ0v) is 13.6. The molecule has 22 heavy (non-hydrogen) atoms. The molecule has 1 amide bonds. The molecule has 0 aliphatic heterocycles. The average molecular weight is 297 g/mol. The summed E-state index contributed by atoms with van der Waals surface area (Å²) in [5, 5.41) is 2.94. The number of anilines is 1. The summed E-state index contributed by atoms with van der Waals surface area (Å²) in [6.07, 6.45) is 0.329. The molecular weight excluding hydrogens is 274 g/mol. The molecule has 2 aromatic carbocycles. The summed E-state index contributed by atoms with van der Waals surface area (Å²) >= 11 is 0. The Hall–Kier alpha value is -2.29. The molecule has 2 aromatic rings. The number of amides is 1. The summed E-state index contributed by atoms with van der Waals surface area (Å²) in [6, 6.07) is 13.7. The lowest BCUT2D eigenvalue weighted by Gasteiger charge is -2.17. The highest BCUT2D eigenvalue weighted by atomic mass is 16.5. The van der Waals surface area contributed by atoms with Crippen LogP contribution in [0.15, 0.2) is 42.5 Å². The number of carbonyl (C=O) groups is 1. The first-order chi connectivity index (χ1) is 10.5. The second kappa shape index (κ2) is 7.12. The van der Waals surface area contributed by atoms with Gasteiger partial charge in [-0.3, -0.25) is 4.79 Å². The molecule has 0 aliphatic rings. The van der Waals surface area contributed by atoms with Crippen LogP contribution in [0.4, 0.5) is 5.69 Å². The highest BCUT2D eigenvalue weighted by molar-refractivity contribution is 5.94. The molecule has 1 atom stereocenters. The van der Waals surface area contributed by atoms with Crippen LogP contribution in [-0.2, 0) is 11.2 Å². The van der Waals surface area contributed by atoms with Crippen molar-refractivity contribution >= 4 is 11.6 Å². The number of carbonyl (C=O) groups excluding carboxylic acids is 1. The number of aryl methyl sites for hydroxylation is 3. The molecule has 0 saturated carbocycles. The van der Waals surface area contributed by atoms with Crippen molar-refractivity contribution in [3.05, 3.63) is 59.2 Å². The van der Waals surface area contributed by atoms with Crippen molar-refractivity contribution in [2.45, 2.75) is 40.2 Å². The summed E-state index contributed by atoms with van der Waals surface area (Å²) in [5.41, 5.74) is 4.34. The van der Waals surface area contributed by atoms with Crippen LogP contribution < -0.4 is 10.1 Å². The average Bonchev–Trinajstić information content (AvgIpc) is 2.51. The quantitative estimate of drug-likeness (QED) is 0.895. The van der Waals surface area contributed by atoms with E-state index in [1.165, 1.54) is 5.56 Å². The fourth-order valence-electron chi connectivity index (χ4n) is 2.23. The predicted molar refractivity (Wildman–Crippen MR) is 90.5 cm³/mol. The van der Waals surface area contributed by atoms with Gasteiger partial charge in [-0.2, -0.15) is 0 Å². The van der Waals surface area contributed by atoms with E-state index in [0.29, 0.717) is 0 Å². The maximum absolute atomic E-state index is 12.3. The van der Waals surface area contributed by atoms with Crippen LogP contribution >= 0.6 is 0 Å². The highest BCUT2D eigenvalue weighted by Gasteiger charge is 2.16. The number of hydrogen-bond acceptors (Lipinski definition) is 2. The summed E-state index contributed by atoms with van der Waals surface area (Å²) in [5.74, 6) is 0.577. The van der Waals surface area contributed by atoms with E-state index in [1.54, 1.807) is 6.92 Å². The number of para-hydroxylation sites is 1. The smallest absolute Gasteiger partial charge is 0.265 e. The van der Waals surface area contributed by atoms with E-state index in [0.717, 1.165) is 29.0 Å². The van der Waals surface area contributed by atoms with Gasteiger partial charge >= 0.3 is 0 Å². The van der Waals surface area contributed by atoms with E-state index in [4.69, 9.17) is 4.74 Å². The maximum atomic E-state index is 12.3. The van der Waals surface area contributed by atoms with E-state index in [-0.39, 0.29) is 5.91 Å². The molecule has 1 unspecified atom stereocenters. The van der Waals surface area contributed by atoms with Gasteiger partial charge in [0.2, 0.25) is 0 Å². The van der Waals surface area contributed by atoms with Crippen LogP contribution in [0.5, 0.6) is 5.75 Å². The normalized spacial score (nSPS) is 11.8. The van der Waals surface area contributed by atoms with Crippen LogP contribution in [0.3, 0.4) is 0 Å². The zero-order valence-electron chi connectivity index (χ0n) is 13.6. The van der Waals surface area contributed by atoms with Gasteiger partial charge < -0.3 is 10.1 Å². The maximum Gasteiger partial charge on any atom is 0.265 e. The van der Waals surface area contributed by atoms with Gasteiger partial charge in [0, 0.05) is 5.69 Å². The van der Waals surface area contributed by atoms with E-state index in [1.807, 2.05) is 49.4 Å². The third-order valence-corrected chi connectivity index (χ3v) is 3.82. The van der Waals surface area contributed by atoms with Crippen LogP contribution in [-0.4, -0.2) is 12.0 Å². The summed E-state index contributed by atoms with van der Waals surface area (Å²) in [4.78, 5) is 12.3. The number of ether oxygens (including phenoxy) is 1. The first-order valence-electron chi connectivity index (χ1n) is 7.64. The third kappa shape index (κ3) is 3.88. The molecule has 2 rings (SSSR count). The Morgan fingerprint density at radius 2 is 1.86 bits per heavy atom. The third-order valence-electron chi connectivity index (χ3n) is 3.82. The Bertz CT molecular complexity index is 664. The highest BCUT2D eigenvalue weighted by Crippen LogP contribution is 2.19. The Morgan fingerprint density at radius 1 is 1.14 bits per heavy atom. The van der Waals surface area contributed by atoms with Gasteiger partial charge in [0.15, 0.2) is 6.10 Å². The van der Waals surface area contributed by atoms with Crippen molar-refractivity contribution in [1.82, 2.24) is 0 Å². The molecule has 1 N–H and O–H groups in total. The Morgan fingerprint density at radius 3 is 2.55 bits per heavy atom. The van der Waals surface area contributed by atoms with Crippen molar-refractivity contribution in [2.24, 2.45) is 0 Å². The molecule has 116 valence electrons. The second-order valence-electron chi connectivity index (χ2n) is 5.51. The summed E-state index contributed by atoms with van der Waals surface area (Å²) < 4.78 is 5.75.